The standard InChI is InChI=1S/C15H19NO4S/c17-11(12-4-3-9-21-12)5-6-13(18)16-15(10-14(19)20)7-1-2-8-15/h3-4,9H,1-2,5-8,10H2,(H,16,18)(H,19,20). The molecule has 0 aliphatic heterocycles. The lowest BCUT2D eigenvalue weighted by Gasteiger charge is -2.28. The van der Waals surface area contributed by atoms with Crippen molar-refractivity contribution in [2.24, 2.45) is 0 Å². The molecule has 1 aromatic rings. The summed E-state index contributed by atoms with van der Waals surface area (Å²) in [5, 5.41) is 13.7. The van der Waals surface area contributed by atoms with Crippen LogP contribution in [0.1, 0.15) is 54.6 Å². The molecule has 2 N–H and O–H groups in total. The van der Waals surface area contributed by atoms with Crippen molar-refractivity contribution in [2.45, 2.75) is 50.5 Å². The van der Waals surface area contributed by atoms with E-state index < -0.39 is 11.5 Å². The van der Waals surface area contributed by atoms with Gasteiger partial charge >= 0.3 is 5.97 Å². The number of aliphatic carboxylic acids is 1. The summed E-state index contributed by atoms with van der Waals surface area (Å²) in [6.45, 7) is 0. The quantitative estimate of drug-likeness (QED) is 0.758. The van der Waals surface area contributed by atoms with Gasteiger partial charge in [-0.3, -0.25) is 14.4 Å². The van der Waals surface area contributed by atoms with Gasteiger partial charge in [0.05, 0.1) is 16.8 Å². The van der Waals surface area contributed by atoms with Crippen LogP contribution in [0.4, 0.5) is 0 Å². The van der Waals surface area contributed by atoms with E-state index in [2.05, 4.69) is 5.32 Å². The van der Waals surface area contributed by atoms with Crippen molar-refractivity contribution in [1.29, 1.82) is 0 Å². The molecule has 114 valence electrons. The van der Waals surface area contributed by atoms with Gasteiger partial charge in [0.2, 0.25) is 5.91 Å². The number of hydrogen-bond acceptors (Lipinski definition) is 4. The molecule has 1 fully saturated rings. The van der Waals surface area contributed by atoms with Gasteiger partial charge in [0.25, 0.3) is 0 Å². The molecule has 1 saturated carbocycles. The van der Waals surface area contributed by atoms with Crippen LogP contribution in [-0.4, -0.2) is 28.3 Å². The van der Waals surface area contributed by atoms with E-state index in [0.29, 0.717) is 17.7 Å². The Morgan fingerprint density at radius 2 is 1.95 bits per heavy atom. The number of nitrogens with one attached hydrogen (secondary N) is 1. The normalized spacial score (nSPS) is 16.6. The summed E-state index contributed by atoms with van der Waals surface area (Å²) < 4.78 is 0. The van der Waals surface area contributed by atoms with Crippen LogP contribution in [0.5, 0.6) is 0 Å². The Morgan fingerprint density at radius 3 is 2.52 bits per heavy atom. The fourth-order valence-corrected chi connectivity index (χ4v) is 3.53. The molecular weight excluding hydrogens is 290 g/mol. The average Bonchev–Trinajstić information content (AvgIpc) is 3.06. The monoisotopic (exact) mass is 309 g/mol. The number of thiophene rings is 1. The molecule has 1 aromatic heterocycles. The van der Waals surface area contributed by atoms with Crippen molar-refractivity contribution in [1.82, 2.24) is 5.32 Å². The van der Waals surface area contributed by atoms with E-state index in [4.69, 9.17) is 5.11 Å². The van der Waals surface area contributed by atoms with Crippen molar-refractivity contribution in [3.05, 3.63) is 22.4 Å². The molecule has 0 atom stereocenters. The van der Waals surface area contributed by atoms with Crippen molar-refractivity contribution in [3.8, 4) is 0 Å². The van der Waals surface area contributed by atoms with Crippen LogP contribution >= 0.6 is 11.3 Å². The van der Waals surface area contributed by atoms with Crippen LogP contribution in [0.3, 0.4) is 0 Å². The van der Waals surface area contributed by atoms with Crippen molar-refractivity contribution < 1.29 is 19.5 Å². The van der Waals surface area contributed by atoms with Gasteiger partial charge in [0.15, 0.2) is 5.78 Å². The predicted octanol–water partition coefficient (Wildman–Crippen LogP) is 2.61. The van der Waals surface area contributed by atoms with Crippen LogP contribution in [0, 0.1) is 0 Å². The number of amides is 1. The first-order valence-corrected chi connectivity index (χ1v) is 7.98. The number of Topliss-reactive ketones (excluding diaryl/α,β-unsaturated/α-hetero) is 1. The number of rotatable bonds is 7. The summed E-state index contributed by atoms with van der Waals surface area (Å²) in [4.78, 5) is 35.5. The van der Waals surface area contributed by atoms with E-state index in [-0.39, 0.29) is 31.0 Å². The molecule has 0 bridgehead atoms. The topological polar surface area (TPSA) is 83.5 Å². The van der Waals surface area contributed by atoms with Gasteiger partial charge in [-0.2, -0.15) is 0 Å². The highest BCUT2D eigenvalue weighted by Crippen LogP contribution is 2.32. The molecular formula is C15H19NO4S. The Balaban J connectivity index is 1.85. The maximum Gasteiger partial charge on any atom is 0.305 e. The molecule has 1 aliphatic rings. The third kappa shape index (κ3) is 4.39. The largest absolute Gasteiger partial charge is 0.481 e. The fraction of sp³-hybridized carbons (Fsp3) is 0.533. The second-order valence-corrected chi connectivity index (χ2v) is 6.45. The molecule has 1 aliphatic carbocycles. The van der Waals surface area contributed by atoms with E-state index in [1.807, 2.05) is 5.38 Å². The lowest BCUT2D eigenvalue weighted by atomic mass is 9.93. The second-order valence-electron chi connectivity index (χ2n) is 5.51. The first kappa shape index (κ1) is 15.7. The van der Waals surface area contributed by atoms with Gasteiger partial charge in [-0.25, -0.2) is 0 Å². The summed E-state index contributed by atoms with van der Waals surface area (Å²) >= 11 is 1.36. The highest BCUT2D eigenvalue weighted by atomic mass is 32.1. The van der Waals surface area contributed by atoms with Gasteiger partial charge in [0, 0.05) is 12.8 Å². The maximum absolute atomic E-state index is 12.0. The van der Waals surface area contributed by atoms with Crippen LogP contribution in [0.25, 0.3) is 0 Å². The van der Waals surface area contributed by atoms with Crippen LogP contribution in [-0.2, 0) is 9.59 Å². The third-order valence-electron chi connectivity index (χ3n) is 3.83. The summed E-state index contributed by atoms with van der Waals surface area (Å²) in [6.07, 6.45) is 3.49. The molecule has 1 amide bonds. The molecule has 0 radical (unpaired) electrons. The highest BCUT2D eigenvalue weighted by molar-refractivity contribution is 7.12. The van der Waals surface area contributed by atoms with Crippen LogP contribution in [0.2, 0.25) is 0 Å². The van der Waals surface area contributed by atoms with Gasteiger partial charge in [-0.1, -0.05) is 18.9 Å². The number of carbonyl (C=O) groups excluding carboxylic acids is 2. The van der Waals surface area contributed by atoms with Gasteiger partial charge in [0.1, 0.15) is 0 Å². The number of carboxylic acids is 1. The lowest BCUT2D eigenvalue weighted by Crippen LogP contribution is -2.47. The molecule has 21 heavy (non-hydrogen) atoms. The minimum atomic E-state index is -0.896. The fourth-order valence-electron chi connectivity index (χ4n) is 2.83. The van der Waals surface area contributed by atoms with E-state index in [0.717, 1.165) is 12.8 Å². The highest BCUT2D eigenvalue weighted by Gasteiger charge is 2.37. The molecule has 0 unspecified atom stereocenters. The van der Waals surface area contributed by atoms with Crippen molar-refractivity contribution in [2.75, 3.05) is 0 Å². The zero-order valence-corrected chi connectivity index (χ0v) is 12.6. The number of ketones is 1. The Morgan fingerprint density at radius 1 is 1.24 bits per heavy atom. The smallest absolute Gasteiger partial charge is 0.305 e. The lowest BCUT2D eigenvalue weighted by molar-refractivity contribution is -0.139. The van der Waals surface area contributed by atoms with Crippen molar-refractivity contribution in [3.63, 3.8) is 0 Å². The predicted molar refractivity (Wildman–Crippen MR) is 79.5 cm³/mol. The van der Waals surface area contributed by atoms with Gasteiger partial charge in [-0.15, -0.1) is 11.3 Å². The van der Waals surface area contributed by atoms with Gasteiger partial charge < -0.3 is 10.4 Å². The molecule has 2 rings (SSSR count). The number of carboxylic acid groups (broad SMARTS) is 1. The van der Waals surface area contributed by atoms with E-state index in [1.54, 1.807) is 12.1 Å². The Hall–Kier alpha value is -1.69. The first-order chi connectivity index (χ1) is 10.0. The second kappa shape index (κ2) is 6.85. The maximum atomic E-state index is 12.0. The molecule has 0 spiro atoms. The number of hydrogen-bond donors (Lipinski definition) is 2. The zero-order chi connectivity index (χ0) is 15.3. The summed E-state index contributed by atoms with van der Waals surface area (Å²) in [6, 6.07) is 3.55. The summed E-state index contributed by atoms with van der Waals surface area (Å²) in [7, 11) is 0. The van der Waals surface area contributed by atoms with Crippen LogP contribution < -0.4 is 5.32 Å². The third-order valence-corrected chi connectivity index (χ3v) is 4.74. The molecule has 5 nitrogen and oxygen atoms in total. The Bertz CT molecular complexity index is 518. The Labute approximate surface area is 127 Å². The molecule has 0 saturated heterocycles. The molecule has 6 heteroatoms. The molecule has 1 heterocycles. The Kier molecular flexibility index (Phi) is 5.12. The number of carbonyl (C=O) groups is 3. The summed E-state index contributed by atoms with van der Waals surface area (Å²) in [5.41, 5.74) is -0.616. The SMILES string of the molecule is O=C(O)CC1(NC(=O)CCC(=O)c2cccs2)CCCC1. The average molecular weight is 309 g/mol. The first-order valence-electron chi connectivity index (χ1n) is 7.10. The van der Waals surface area contributed by atoms with Gasteiger partial charge in [-0.05, 0) is 24.3 Å². The minimum Gasteiger partial charge on any atom is -0.481 e. The minimum absolute atomic E-state index is 0.0427. The van der Waals surface area contributed by atoms with E-state index in [1.165, 1.54) is 11.3 Å². The van der Waals surface area contributed by atoms with Crippen LogP contribution in [0.15, 0.2) is 17.5 Å². The zero-order valence-electron chi connectivity index (χ0n) is 11.8. The summed E-state index contributed by atoms with van der Waals surface area (Å²) in [5.74, 6) is -1.17. The van der Waals surface area contributed by atoms with Crippen molar-refractivity contribution >= 4 is 29.0 Å². The van der Waals surface area contributed by atoms with E-state index in [9.17, 15) is 14.4 Å². The van der Waals surface area contributed by atoms with E-state index >= 15 is 0 Å². The molecule has 0 aromatic carbocycles.